The van der Waals surface area contributed by atoms with Crippen molar-refractivity contribution in [1.29, 1.82) is 0 Å². The number of para-hydroxylation sites is 1. The Morgan fingerprint density at radius 3 is 2.57 bits per heavy atom. The van der Waals surface area contributed by atoms with Crippen LogP contribution < -0.4 is 15.4 Å². The van der Waals surface area contributed by atoms with Gasteiger partial charge in [0.05, 0.1) is 12.8 Å². The lowest BCUT2D eigenvalue weighted by atomic mass is 10.3. The van der Waals surface area contributed by atoms with Gasteiger partial charge in [0.15, 0.2) is 5.76 Å². The molecule has 0 atom stereocenters. The Morgan fingerprint density at radius 1 is 1.00 bits per heavy atom. The summed E-state index contributed by atoms with van der Waals surface area (Å²) in [5, 5.41) is 5.47. The van der Waals surface area contributed by atoms with Gasteiger partial charge in [0, 0.05) is 13.0 Å². The molecule has 0 bridgehead atoms. The largest absolute Gasteiger partial charge is 0.492 e. The second-order valence-electron chi connectivity index (χ2n) is 4.85. The summed E-state index contributed by atoms with van der Waals surface area (Å²) in [4.78, 5) is 23.2. The monoisotopic (exact) mass is 316 g/mol. The molecular formula is C17H20N2O4. The van der Waals surface area contributed by atoms with Crippen molar-refractivity contribution in [3.05, 3.63) is 54.5 Å². The minimum Gasteiger partial charge on any atom is -0.492 e. The highest BCUT2D eigenvalue weighted by Gasteiger charge is 2.07. The van der Waals surface area contributed by atoms with Crippen molar-refractivity contribution in [1.82, 2.24) is 10.6 Å². The maximum atomic E-state index is 11.6. The van der Waals surface area contributed by atoms with Crippen molar-refractivity contribution >= 4 is 11.8 Å². The fourth-order valence-electron chi connectivity index (χ4n) is 1.91. The van der Waals surface area contributed by atoms with E-state index in [0.29, 0.717) is 32.5 Å². The van der Waals surface area contributed by atoms with Crippen LogP contribution in [0.4, 0.5) is 0 Å². The fourth-order valence-corrected chi connectivity index (χ4v) is 1.91. The number of carbonyl (C=O) groups excluding carboxylic acids is 2. The molecule has 0 radical (unpaired) electrons. The van der Waals surface area contributed by atoms with Gasteiger partial charge in [-0.3, -0.25) is 9.59 Å². The Morgan fingerprint density at radius 2 is 1.83 bits per heavy atom. The highest BCUT2D eigenvalue weighted by atomic mass is 16.5. The molecule has 0 fully saturated rings. The molecule has 122 valence electrons. The number of hydrogen-bond acceptors (Lipinski definition) is 4. The van der Waals surface area contributed by atoms with Crippen LogP contribution in [0, 0.1) is 0 Å². The second kappa shape index (κ2) is 9.30. The topological polar surface area (TPSA) is 80.6 Å². The van der Waals surface area contributed by atoms with Gasteiger partial charge in [-0.25, -0.2) is 0 Å². The lowest BCUT2D eigenvalue weighted by molar-refractivity contribution is -0.121. The third kappa shape index (κ3) is 6.25. The molecule has 1 aromatic carbocycles. The number of ether oxygens (including phenoxy) is 1. The predicted molar refractivity (Wildman–Crippen MR) is 85.2 cm³/mol. The van der Waals surface area contributed by atoms with Crippen LogP contribution in [0.15, 0.2) is 53.1 Å². The standard InChI is InChI=1S/C17H20N2O4/c20-16(18-11-13-22-14-6-2-1-3-7-14)9-4-10-19-17(21)15-8-5-12-23-15/h1-3,5-8,12H,4,9-11,13H2,(H,18,20)(H,19,21). The van der Waals surface area contributed by atoms with E-state index < -0.39 is 0 Å². The minimum absolute atomic E-state index is 0.0612. The average molecular weight is 316 g/mol. The summed E-state index contributed by atoms with van der Waals surface area (Å²) < 4.78 is 10.4. The molecule has 1 heterocycles. The van der Waals surface area contributed by atoms with Gasteiger partial charge in [-0.1, -0.05) is 18.2 Å². The molecule has 23 heavy (non-hydrogen) atoms. The zero-order valence-electron chi connectivity index (χ0n) is 12.8. The molecule has 0 saturated heterocycles. The van der Waals surface area contributed by atoms with Gasteiger partial charge in [0.1, 0.15) is 12.4 Å². The summed E-state index contributed by atoms with van der Waals surface area (Å²) in [6.45, 7) is 1.30. The van der Waals surface area contributed by atoms with Gasteiger partial charge >= 0.3 is 0 Å². The first kappa shape index (κ1) is 16.6. The van der Waals surface area contributed by atoms with Crippen LogP contribution in [0.1, 0.15) is 23.4 Å². The van der Waals surface area contributed by atoms with Crippen molar-refractivity contribution in [2.24, 2.45) is 0 Å². The van der Waals surface area contributed by atoms with E-state index in [1.54, 1.807) is 12.1 Å². The summed E-state index contributed by atoms with van der Waals surface area (Å²) in [6.07, 6.45) is 2.36. The van der Waals surface area contributed by atoms with Crippen LogP contribution in [0.25, 0.3) is 0 Å². The van der Waals surface area contributed by atoms with Gasteiger partial charge in [-0.15, -0.1) is 0 Å². The van der Waals surface area contributed by atoms with Gasteiger partial charge < -0.3 is 19.8 Å². The molecule has 0 spiro atoms. The lowest BCUT2D eigenvalue weighted by Crippen LogP contribution is -2.29. The molecule has 2 aromatic rings. The van der Waals surface area contributed by atoms with E-state index in [9.17, 15) is 9.59 Å². The predicted octanol–water partition coefficient (Wildman–Crippen LogP) is 1.98. The van der Waals surface area contributed by atoms with Crippen LogP contribution in [0.2, 0.25) is 0 Å². The first-order valence-electron chi connectivity index (χ1n) is 7.52. The Kier molecular flexibility index (Phi) is 6.71. The fraction of sp³-hybridized carbons (Fsp3) is 0.294. The van der Waals surface area contributed by atoms with E-state index in [1.807, 2.05) is 30.3 Å². The highest BCUT2D eigenvalue weighted by molar-refractivity contribution is 5.91. The molecule has 0 aliphatic heterocycles. The normalized spacial score (nSPS) is 10.1. The van der Waals surface area contributed by atoms with E-state index in [4.69, 9.17) is 9.15 Å². The zero-order valence-corrected chi connectivity index (χ0v) is 12.8. The van der Waals surface area contributed by atoms with Crippen LogP contribution in [-0.2, 0) is 4.79 Å². The van der Waals surface area contributed by atoms with E-state index >= 15 is 0 Å². The molecule has 0 aliphatic rings. The summed E-state index contributed by atoms with van der Waals surface area (Å²) in [6, 6.07) is 12.7. The van der Waals surface area contributed by atoms with Gasteiger partial charge in [-0.05, 0) is 30.7 Å². The summed E-state index contributed by atoms with van der Waals surface area (Å²) in [5.74, 6) is 0.718. The average Bonchev–Trinajstić information content (AvgIpc) is 3.11. The maximum absolute atomic E-state index is 11.6. The van der Waals surface area contributed by atoms with Crippen molar-refractivity contribution in [3.8, 4) is 5.75 Å². The summed E-state index contributed by atoms with van der Waals surface area (Å²) in [5.41, 5.74) is 0. The van der Waals surface area contributed by atoms with E-state index in [0.717, 1.165) is 5.75 Å². The number of hydrogen-bond donors (Lipinski definition) is 2. The smallest absolute Gasteiger partial charge is 0.286 e. The molecular weight excluding hydrogens is 296 g/mol. The number of carbonyl (C=O) groups is 2. The number of amides is 2. The van der Waals surface area contributed by atoms with Crippen LogP contribution in [0.3, 0.4) is 0 Å². The van der Waals surface area contributed by atoms with Crippen molar-refractivity contribution in [2.45, 2.75) is 12.8 Å². The van der Waals surface area contributed by atoms with Crippen molar-refractivity contribution < 1.29 is 18.7 Å². The highest BCUT2D eigenvalue weighted by Crippen LogP contribution is 2.07. The third-order valence-electron chi connectivity index (χ3n) is 3.05. The quantitative estimate of drug-likeness (QED) is 0.693. The molecule has 0 aliphatic carbocycles. The van der Waals surface area contributed by atoms with Crippen LogP contribution >= 0.6 is 0 Å². The van der Waals surface area contributed by atoms with Crippen LogP contribution in [0.5, 0.6) is 5.75 Å². The summed E-state index contributed by atoms with van der Waals surface area (Å²) >= 11 is 0. The van der Waals surface area contributed by atoms with Crippen molar-refractivity contribution in [3.63, 3.8) is 0 Å². The zero-order chi connectivity index (χ0) is 16.3. The van der Waals surface area contributed by atoms with Gasteiger partial charge in [-0.2, -0.15) is 0 Å². The SMILES string of the molecule is O=C(CCCNC(=O)c1ccco1)NCCOc1ccccc1. The first-order valence-corrected chi connectivity index (χ1v) is 7.52. The molecule has 6 heteroatoms. The number of furan rings is 1. The van der Waals surface area contributed by atoms with Crippen LogP contribution in [-0.4, -0.2) is 31.5 Å². The number of rotatable bonds is 9. The molecule has 2 rings (SSSR count). The molecule has 6 nitrogen and oxygen atoms in total. The van der Waals surface area contributed by atoms with E-state index in [-0.39, 0.29) is 17.6 Å². The Bertz CT molecular complexity index is 596. The van der Waals surface area contributed by atoms with E-state index in [2.05, 4.69) is 10.6 Å². The summed E-state index contributed by atoms with van der Waals surface area (Å²) in [7, 11) is 0. The van der Waals surface area contributed by atoms with Crippen molar-refractivity contribution in [2.75, 3.05) is 19.7 Å². The molecule has 2 amide bonds. The van der Waals surface area contributed by atoms with E-state index in [1.165, 1.54) is 6.26 Å². The third-order valence-corrected chi connectivity index (χ3v) is 3.05. The Hall–Kier alpha value is -2.76. The number of nitrogens with one attached hydrogen (secondary N) is 2. The second-order valence-corrected chi connectivity index (χ2v) is 4.85. The maximum Gasteiger partial charge on any atom is 0.286 e. The number of benzene rings is 1. The van der Waals surface area contributed by atoms with Gasteiger partial charge in [0.25, 0.3) is 5.91 Å². The Labute approximate surface area is 134 Å². The Balaban J connectivity index is 1.49. The van der Waals surface area contributed by atoms with Gasteiger partial charge in [0.2, 0.25) is 5.91 Å². The molecule has 1 aromatic heterocycles. The molecule has 0 unspecified atom stereocenters. The minimum atomic E-state index is -0.272. The molecule has 0 saturated carbocycles. The lowest BCUT2D eigenvalue weighted by Gasteiger charge is -2.08. The molecule has 2 N–H and O–H groups in total. The first-order chi connectivity index (χ1) is 11.3.